The number of aromatic nitrogens is 6. The average Bonchev–Trinajstić information content (AvgIpc) is 3.43. The largest absolute Gasteiger partial charge is 0.474 e. The fourth-order valence-corrected chi connectivity index (χ4v) is 4.11. The lowest BCUT2D eigenvalue weighted by Gasteiger charge is -2.26. The van der Waals surface area contributed by atoms with Crippen molar-refractivity contribution in [2.75, 3.05) is 0 Å². The van der Waals surface area contributed by atoms with Crippen molar-refractivity contribution in [3.8, 4) is 11.6 Å². The molecule has 166 valence electrons. The summed E-state index contributed by atoms with van der Waals surface area (Å²) < 4.78 is 27.7. The second kappa shape index (κ2) is 8.29. The van der Waals surface area contributed by atoms with Crippen LogP contribution in [0.1, 0.15) is 68.6 Å². The molecule has 4 aromatic rings. The Hall–Kier alpha value is -3.36. The van der Waals surface area contributed by atoms with Crippen LogP contribution in [0.3, 0.4) is 0 Å². The summed E-state index contributed by atoms with van der Waals surface area (Å²) in [7, 11) is 0. The van der Waals surface area contributed by atoms with E-state index < -0.39 is 0 Å². The molecule has 8 nitrogen and oxygen atoms in total. The summed E-state index contributed by atoms with van der Waals surface area (Å²) in [6.45, 7) is 5.95. The number of aryl methyl sites for hydroxylation is 1. The van der Waals surface area contributed by atoms with Gasteiger partial charge in [0.05, 0.1) is 6.20 Å². The van der Waals surface area contributed by atoms with Gasteiger partial charge in [0.15, 0.2) is 11.5 Å². The van der Waals surface area contributed by atoms with Crippen molar-refractivity contribution in [1.82, 2.24) is 29.9 Å². The zero-order chi connectivity index (χ0) is 22.2. The molecule has 0 atom stereocenters. The molecule has 32 heavy (non-hydrogen) atoms. The van der Waals surface area contributed by atoms with Crippen molar-refractivity contribution >= 4 is 11.0 Å². The van der Waals surface area contributed by atoms with Crippen LogP contribution in [-0.2, 0) is 0 Å². The molecule has 0 radical (unpaired) electrons. The highest BCUT2D eigenvalue weighted by atomic mass is 19.1. The van der Waals surface area contributed by atoms with Crippen molar-refractivity contribution in [2.24, 2.45) is 0 Å². The SMILES string of the molecule is Cc1ccc(-n2ncc3c(OC4CCC(c5nc(C(C)C)no5)CC4)ncnc32)c(F)c1. The molecule has 1 aromatic carbocycles. The highest BCUT2D eigenvalue weighted by Gasteiger charge is 2.28. The summed E-state index contributed by atoms with van der Waals surface area (Å²) in [5.41, 5.74) is 1.70. The minimum atomic E-state index is -0.351. The molecule has 1 fully saturated rings. The van der Waals surface area contributed by atoms with Gasteiger partial charge in [-0.05, 0) is 50.3 Å². The topological polar surface area (TPSA) is 91.8 Å². The van der Waals surface area contributed by atoms with E-state index in [9.17, 15) is 4.39 Å². The van der Waals surface area contributed by atoms with Crippen molar-refractivity contribution in [3.63, 3.8) is 0 Å². The van der Waals surface area contributed by atoms with Gasteiger partial charge in [0.1, 0.15) is 29.3 Å². The third-order valence-electron chi connectivity index (χ3n) is 5.94. The summed E-state index contributed by atoms with van der Waals surface area (Å²) in [6.07, 6.45) is 6.61. The van der Waals surface area contributed by atoms with Crippen molar-refractivity contribution < 1.29 is 13.7 Å². The molecule has 3 heterocycles. The Morgan fingerprint density at radius 3 is 2.69 bits per heavy atom. The monoisotopic (exact) mass is 436 g/mol. The molecule has 0 bridgehead atoms. The highest BCUT2D eigenvalue weighted by molar-refractivity contribution is 5.81. The lowest BCUT2D eigenvalue weighted by atomic mass is 9.87. The first-order chi connectivity index (χ1) is 15.5. The van der Waals surface area contributed by atoms with Gasteiger partial charge in [-0.15, -0.1) is 0 Å². The minimum absolute atomic E-state index is 0.0244. The highest BCUT2D eigenvalue weighted by Crippen LogP contribution is 2.35. The molecule has 0 saturated heterocycles. The molecule has 1 saturated carbocycles. The normalized spacial score (nSPS) is 19.0. The third-order valence-corrected chi connectivity index (χ3v) is 5.94. The third kappa shape index (κ3) is 3.83. The second-order valence-electron chi connectivity index (χ2n) is 8.66. The minimum Gasteiger partial charge on any atom is -0.474 e. The van der Waals surface area contributed by atoms with Crippen LogP contribution >= 0.6 is 0 Å². The number of benzene rings is 1. The lowest BCUT2D eigenvalue weighted by molar-refractivity contribution is 0.135. The van der Waals surface area contributed by atoms with Gasteiger partial charge in [-0.2, -0.15) is 10.1 Å². The van der Waals surface area contributed by atoms with Crippen LogP contribution in [0.15, 0.2) is 35.2 Å². The summed E-state index contributed by atoms with van der Waals surface area (Å²) in [5, 5.41) is 9.08. The summed E-state index contributed by atoms with van der Waals surface area (Å²) in [4.78, 5) is 13.2. The molecule has 0 aliphatic heterocycles. The fourth-order valence-electron chi connectivity index (χ4n) is 4.11. The molecule has 1 aliphatic rings. The van der Waals surface area contributed by atoms with Gasteiger partial charge in [-0.3, -0.25) is 0 Å². The van der Waals surface area contributed by atoms with E-state index in [1.165, 1.54) is 17.1 Å². The molecule has 0 spiro atoms. The fraction of sp³-hybridized carbons (Fsp3) is 0.435. The standard InChI is InChI=1S/C23H25FN6O2/c1-13(2)20-28-22(32-29-20)15-5-7-16(8-6-15)31-23-17-11-27-30(21(17)25-12-26-23)19-9-4-14(3)10-18(19)24/h4,9-13,15-16H,5-8H2,1-3H3. The van der Waals surface area contributed by atoms with Gasteiger partial charge in [0, 0.05) is 11.8 Å². The first kappa shape index (κ1) is 20.5. The van der Waals surface area contributed by atoms with Crippen LogP contribution in [0.25, 0.3) is 16.7 Å². The van der Waals surface area contributed by atoms with Crippen LogP contribution < -0.4 is 4.74 Å². The van der Waals surface area contributed by atoms with Gasteiger partial charge in [-0.1, -0.05) is 25.1 Å². The van der Waals surface area contributed by atoms with E-state index in [0.717, 1.165) is 43.0 Å². The number of hydrogen-bond acceptors (Lipinski definition) is 7. The average molecular weight is 436 g/mol. The Kier molecular flexibility index (Phi) is 5.32. The number of halogens is 1. The van der Waals surface area contributed by atoms with E-state index >= 15 is 0 Å². The Morgan fingerprint density at radius 1 is 1.16 bits per heavy atom. The van der Waals surface area contributed by atoms with Crippen molar-refractivity contribution in [1.29, 1.82) is 0 Å². The quantitative estimate of drug-likeness (QED) is 0.440. The van der Waals surface area contributed by atoms with Crippen molar-refractivity contribution in [2.45, 2.75) is 64.4 Å². The molecule has 0 amide bonds. The van der Waals surface area contributed by atoms with Gasteiger partial charge in [0.25, 0.3) is 0 Å². The maximum absolute atomic E-state index is 14.5. The van der Waals surface area contributed by atoms with E-state index in [4.69, 9.17) is 9.26 Å². The predicted octanol–water partition coefficient (Wildman–Crippen LogP) is 4.87. The van der Waals surface area contributed by atoms with Crippen molar-refractivity contribution in [3.05, 3.63) is 53.8 Å². The summed E-state index contributed by atoms with van der Waals surface area (Å²) in [5.74, 6) is 2.10. The first-order valence-corrected chi connectivity index (χ1v) is 10.9. The molecule has 0 unspecified atom stereocenters. The predicted molar refractivity (Wildman–Crippen MR) is 115 cm³/mol. The molecule has 9 heteroatoms. The number of hydrogen-bond donors (Lipinski definition) is 0. The number of nitrogens with zero attached hydrogens (tertiary/aromatic N) is 6. The Bertz CT molecular complexity index is 1240. The second-order valence-corrected chi connectivity index (χ2v) is 8.66. The van der Waals surface area contributed by atoms with Gasteiger partial charge in [-0.25, -0.2) is 19.0 Å². The molecule has 1 aliphatic carbocycles. The molecular formula is C23H25FN6O2. The van der Waals surface area contributed by atoms with Gasteiger partial charge in [0.2, 0.25) is 11.8 Å². The van der Waals surface area contributed by atoms with Crippen LogP contribution in [0, 0.1) is 12.7 Å². The maximum atomic E-state index is 14.5. The Labute approximate surface area is 184 Å². The number of ether oxygens (including phenoxy) is 1. The summed E-state index contributed by atoms with van der Waals surface area (Å²) >= 11 is 0. The van der Waals surface area contributed by atoms with E-state index in [-0.39, 0.29) is 23.8 Å². The maximum Gasteiger partial charge on any atom is 0.229 e. The van der Waals surface area contributed by atoms with E-state index in [1.54, 1.807) is 12.3 Å². The van der Waals surface area contributed by atoms with E-state index in [1.807, 2.05) is 13.0 Å². The Morgan fingerprint density at radius 2 is 1.97 bits per heavy atom. The zero-order valence-corrected chi connectivity index (χ0v) is 18.3. The number of fused-ring (bicyclic) bond motifs is 1. The number of rotatable bonds is 5. The summed E-state index contributed by atoms with van der Waals surface area (Å²) in [6, 6.07) is 5.02. The van der Waals surface area contributed by atoms with E-state index in [2.05, 4.69) is 39.1 Å². The van der Waals surface area contributed by atoms with Crippen LogP contribution in [0.5, 0.6) is 5.88 Å². The van der Waals surface area contributed by atoms with Gasteiger partial charge >= 0.3 is 0 Å². The van der Waals surface area contributed by atoms with Crippen LogP contribution in [-0.4, -0.2) is 36.0 Å². The lowest BCUT2D eigenvalue weighted by Crippen LogP contribution is -2.24. The molecule has 3 aromatic heterocycles. The first-order valence-electron chi connectivity index (χ1n) is 10.9. The molecule has 0 N–H and O–H groups in total. The van der Waals surface area contributed by atoms with Crippen LogP contribution in [0.4, 0.5) is 4.39 Å². The van der Waals surface area contributed by atoms with E-state index in [0.29, 0.717) is 22.6 Å². The Balaban J connectivity index is 1.31. The van der Waals surface area contributed by atoms with Crippen LogP contribution in [0.2, 0.25) is 0 Å². The van der Waals surface area contributed by atoms with Gasteiger partial charge < -0.3 is 9.26 Å². The molecule has 5 rings (SSSR count). The molecular weight excluding hydrogens is 411 g/mol. The smallest absolute Gasteiger partial charge is 0.229 e. The zero-order valence-electron chi connectivity index (χ0n) is 18.3.